The normalized spacial score (nSPS) is 10.9. The highest BCUT2D eigenvalue weighted by atomic mass is 19.1. The maximum atomic E-state index is 13.4. The van der Waals surface area contributed by atoms with Gasteiger partial charge in [-0.05, 0) is 36.4 Å². The van der Waals surface area contributed by atoms with Crippen LogP contribution in [0.5, 0.6) is 0 Å². The van der Waals surface area contributed by atoms with Gasteiger partial charge in [-0.15, -0.1) is 5.10 Å². The highest BCUT2D eigenvalue weighted by molar-refractivity contribution is 5.64. The Balaban J connectivity index is 2.20. The second kappa shape index (κ2) is 5.61. The predicted octanol–water partition coefficient (Wildman–Crippen LogP) is 2.84. The maximum absolute atomic E-state index is 13.4. The van der Waals surface area contributed by atoms with Crippen LogP contribution in [-0.2, 0) is 6.61 Å². The van der Waals surface area contributed by atoms with E-state index < -0.39 is 24.1 Å². The minimum absolute atomic E-state index is 0.115. The summed E-state index contributed by atoms with van der Waals surface area (Å²) < 4.78 is 41.0. The Bertz CT molecular complexity index is 795. The van der Waals surface area contributed by atoms with Crippen LogP contribution in [0.25, 0.3) is 16.9 Å². The van der Waals surface area contributed by atoms with Gasteiger partial charge in [0.2, 0.25) is 0 Å². The molecule has 0 aliphatic rings. The van der Waals surface area contributed by atoms with Gasteiger partial charge in [-0.1, -0.05) is 5.21 Å². The number of rotatable bonds is 3. The van der Waals surface area contributed by atoms with Crippen LogP contribution < -0.4 is 0 Å². The Morgan fingerprint density at radius 2 is 1.55 bits per heavy atom. The number of benzene rings is 2. The van der Waals surface area contributed by atoms with Gasteiger partial charge >= 0.3 is 0 Å². The molecule has 0 aliphatic carbocycles. The third kappa shape index (κ3) is 2.58. The van der Waals surface area contributed by atoms with Crippen molar-refractivity contribution >= 4 is 0 Å². The number of hydrogen-bond acceptors (Lipinski definition) is 3. The van der Waals surface area contributed by atoms with E-state index in [0.29, 0.717) is 11.3 Å². The summed E-state index contributed by atoms with van der Waals surface area (Å²) in [5, 5.41) is 17.0. The van der Waals surface area contributed by atoms with Crippen molar-refractivity contribution in [1.82, 2.24) is 15.0 Å². The Morgan fingerprint density at radius 3 is 2.14 bits per heavy atom. The summed E-state index contributed by atoms with van der Waals surface area (Å²) in [7, 11) is 0. The first-order valence-corrected chi connectivity index (χ1v) is 6.36. The first-order valence-electron chi connectivity index (χ1n) is 6.36. The van der Waals surface area contributed by atoms with Crippen LogP contribution in [0.15, 0.2) is 42.5 Å². The van der Waals surface area contributed by atoms with Crippen molar-refractivity contribution in [3.05, 3.63) is 65.6 Å². The van der Waals surface area contributed by atoms with E-state index in [4.69, 9.17) is 0 Å². The zero-order valence-electron chi connectivity index (χ0n) is 11.2. The SMILES string of the molecule is OCc1nnn(-c2cc(F)cc(F)c2)c1-c1ccc(F)cc1. The van der Waals surface area contributed by atoms with Gasteiger partial charge in [0.05, 0.1) is 12.3 Å². The summed E-state index contributed by atoms with van der Waals surface area (Å²) >= 11 is 0. The van der Waals surface area contributed by atoms with E-state index >= 15 is 0 Å². The lowest BCUT2D eigenvalue weighted by molar-refractivity contribution is 0.277. The number of aromatic nitrogens is 3. The highest BCUT2D eigenvalue weighted by Crippen LogP contribution is 2.26. The Kier molecular flexibility index (Phi) is 3.64. The fraction of sp³-hybridized carbons (Fsp3) is 0.0667. The van der Waals surface area contributed by atoms with Gasteiger partial charge in [0.15, 0.2) is 0 Å². The van der Waals surface area contributed by atoms with Gasteiger partial charge < -0.3 is 5.11 Å². The lowest BCUT2D eigenvalue weighted by Crippen LogP contribution is -2.02. The summed E-state index contributed by atoms with van der Waals surface area (Å²) in [4.78, 5) is 0. The minimum atomic E-state index is -0.763. The Morgan fingerprint density at radius 1 is 0.909 bits per heavy atom. The highest BCUT2D eigenvalue weighted by Gasteiger charge is 2.17. The molecule has 0 amide bonds. The average molecular weight is 305 g/mol. The van der Waals surface area contributed by atoms with E-state index in [0.717, 1.165) is 18.2 Å². The molecule has 0 aliphatic heterocycles. The molecule has 1 N–H and O–H groups in total. The molecular weight excluding hydrogens is 295 g/mol. The van der Waals surface area contributed by atoms with E-state index in [2.05, 4.69) is 10.3 Å². The van der Waals surface area contributed by atoms with E-state index in [9.17, 15) is 18.3 Å². The molecule has 0 radical (unpaired) electrons. The minimum Gasteiger partial charge on any atom is -0.390 e. The Labute approximate surface area is 123 Å². The van der Waals surface area contributed by atoms with Crippen LogP contribution in [0.1, 0.15) is 5.69 Å². The van der Waals surface area contributed by atoms with E-state index in [1.54, 1.807) is 0 Å². The summed E-state index contributed by atoms with van der Waals surface area (Å²) in [6, 6.07) is 8.33. The van der Waals surface area contributed by atoms with Crippen molar-refractivity contribution in [3.63, 3.8) is 0 Å². The van der Waals surface area contributed by atoms with Crippen LogP contribution in [0.4, 0.5) is 13.2 Å². The third-order valence-electron chi connectivity index (χ3n) is 3.10. The largest absolute Gasteiger partial charge is 0.390 e. The first-order chi connectivity index (χ1) is 10.6. The van der Waals surface area contributed by atoms with Gasteiger partial charge in [-0.3, -0.25) is 0 Å². The molecule has 2 aromatic carbocycles. The van der Waals surface area contributed by atoms with Crippen molar-refractivity contribution in [2.24, 2.45) is 0 Å². The summed E-state index contributed by atoms with van der Waals surface area (Å²) in [5.41, 5.74) is 1.19. The molecule has 0 saturated heterocycles. The van der Waals surface area contributed by atoms with Crippen molar-refractivity contribution in [2.75, 3.05) is 0 Å². The van der Waals surface area contributed by atoms with Crippen molar-refractivity contribution < 1.29 is 18.3 Å². The summed E-state index contributed by atoms with van der Waals surface area (Å²) in [5.74, 6) is -1.95. The van der Waals surface area contributed by atoms with Gasteiger partial charge in [-0.2, -0.15) is 0 Å². The molecular formula is C15H10F3N3O. The maximum Gasteiger partial charge on any atom is 0.128 e. The van der Waals surface area contributed by atoms with E-state index in [-0.39, 0.29) is 11.4 Å². The summed E-state index contributed by atoms with van der Waals surface area (Å²) in [6.07, 6.45) is 0. The van der Waals surface area contributed by atoms with Crippen LogP contribution in [-0.4, -0.2) is 20.1 Å². The number of hydrogen-bond donors (Lipinski definition) is 1. The standard InChI is InChI=1S/C15H10F3N3O/c16-10-3-1-9(2-4-10)15-14(8-22)19-20-21(15)13-6-11(17)5-12(18)7-13/h1-7,22H,8H2. The fourth-order valence-corrected chi connectivity index (χ4v) is 2.16. The molecule has 1 aromatic heterocycles. The van der Waals surface area contributed by atoms with Gasteiger partial charge in [-0.25, -0.2) is 17.9 Å². The molecule has 0 spiro atoms. The Hall–Kier alpha value is -2.67. The topological polar surface area (TPSA) is 50.9 Å². The molecule has 7 heteroatoms. The lowest BCUT2D eigenvalue weighted by Gasteiger charge is -2.08. The molecule has 3 aromatic rings. The molecule has 22 heavy (non-hydrogen) atoms. The molecule has 0 unspecified atom stereocenters. The summed E-state index contributed by atoms with van der Waals surface area (Å²) in [6.45, 7) is -0.412. The van der Waals surface area contributed by atoms with Crippen molar-refractivity contribution in [2.45, 2.75) is 6.61 Å². The number of aliphatic hydroxyl groups excluding tert-OH is 1. The van der Waals surface area contributed by atoms with Gasteiger partial charge in [0.1, 0.15) is 28.8 Å². The molecule has 0 saturated carbocycles. The molecule has 0 fully saturated rings. The van der Waals surface area contributed by atoms with Crippen LogP contribution in [0, 0.1) is 17.5 Å². The zero-order valence-corrected chi connectivity index (χ0v) is 11.2. The molecule has 0 bridgehead atoms. The third-order valence-corrected chi connectivity index (χ3v) is 3.10. The molecule has 4 nitrogen and oxygen atoms in total. The van der Waals surface area contributed by atoms with Crippen LogP contribution in [0.3, 0.4) is 0 Å². The van der Waals surface area contributed by atoms with Gasteiger partial charge in [0.25, 0.3) is 0 Å². The molecule has 3 rings (SSSR count). The van der Waals surface area contributed by atoms with Crippen molar-refractivity contribution in [3.8, 4) is 16.9 Å². The quantitative estimate of drug-likeness (QED) is 0.809. The van der Waals surface area contributed by atoms with Crippen molar-refractivity contribution in [1.29, 1.82) is 0 Å². The second-order valence-electron chi connectivity index (χ2n) is 4.59. The van der Waals surface area contributed by atoms with Crippen LogP contribution in [0.2, 0.25) is 0 Å². The van der Waals surface area contributed by atoms with E-state index in [1.807, 2.05) is 0 Å². The zero-order chi connectivity index (χ0) is 15.7. The molecule has 1 heterocycles. The average Bonchev–Trinajstić information content (AvgIpc) is 2.91. The number of halogens is 3. The van der Waals surface area contributed by atoms with E-state index in [1.165, 1.54) is 28.9 Å². The fourth-order valence-electron chi connectivity index (χ4n) is 2.16. The second-order valence-corrected chi connectivity index (χ2v) is 4.59. The lowest BCUT2D eigenvalue weighted by atomic mass is 10.1. The number of aliphatic hydroxyl groups is 1. The smallest absolute Gasteiger partial charge is 0.128 e. The monoisotopic (exact) mass is 305 g/mol. The van der Waals surface area contributed by atoms with Gasteiger partial charge in [0, 0.05) is 11.6 Å². The molecule has 112 valence electrons. The predicted molar refractivity (Wildman–Crippen MR) is 72.6 cm³/mol. The van der Waals surface area contributed by atoms with Crippen LogP contribution >= 0.6 is 0 Å². The molecule has 0 atom stereocenters. The first kappa shape index (κ1) is 14.3. The number of nitrogens with zero attached hydrogens (tertiary/aromatic N) is 3.